The molecule has 1 aliphatic rings. The number of nitrogens with zero attached hydrogens (tertiary/aromatic N) is 1. The second-order valence-electron chi connectivity index (χ2n) is 7.52. The van der Waals surface area contributed by atoms with E-state index in [0.717, 1.165) is 28.6 Å². The van der Waals surface area contributed by atoms with E-state index in [1.807, 2.05) is 20.8 Å². The van der Waals surface area contributed by atoms with Crippen molar-refractivity contribution >= 4 is 52.2 Å². The fourth-order valence-corrected chi connectivity index (χ4v) is 4.03. The van der Waals surface area contributed by atoms with Gasteiger partial charge in [0.05, 0.1) is 18.1 Å². The fourth-order valence-electron chi connectivity index (χ4n) is 3.02. The second kappa shape index (κ2) is 10.8. The first kappa shape index (κ1) is 24.7. The molecular formula is C24H25ClN2O5S. The maximum absolute atomic E-state index is 12.8. The van der Waals surface area contributed by atoms with Crippen LogP contribution in [0.5, 0.6) is 11.5 Å². The number of carbonyl (C=O) groups is 3. The molecule has 2 aromatic rings. The van der Waals surface area contributed by atoms with E-state index in [0.29, 0.717) is 27.8 Å². The highest BCUT2D eigenvalue weighted by Gasteiger charge is 2.36. The number of aryl methyl sites for hydroxylation is 1. The van der Waals surface area contributed by atoms with Crippen LogP contribution in [0.4, 0.5) is 10.5 Å². The zero-order valence-electron chi connectivity index (χ0n) is 18.8. The summed E-state index contributed by atoms with van der Waals surface area (Å²) >= 11 is 6.77. The molecule has 0 spiro atoms. The van der Waals surface area contributed by atoms with E-state index in [9.17, 15) is 14.4 Å². The lowest BCUT2D eigenvalue weighted by atomic mass is 10.1. The van der Waals surface area contributed by atoms with Crippen molar-refractivity contribution in [2.24, 2.45) is 0 Å². The van der Waals surface area contributed by atoms with Gasteiger partial charge in [-0.1, -0.05) is 30.7 Å². The summed E-state index contributed by atoms with van der Waals surface area (Å²) in [5.74, 6) is 0.114. The minimum absolute atomic E-state index is 0.0306. The van der Waals surface area contributed by atoms with Gasteiger partial charge in [-0.2, -0.15) is 0 Å². The van der Waals surface area contributed by atoms with Gasteiger partial charge in [-0.15, -0.1) is 0 Å². The average Bonchev–Trinajstić information content (AvgIpc) is 3.04. The quantitative estimate of drug-likeness (QED) is 0.493. The molecule has 1 fully saturated rings. The van der Waals surface area contributed by atoms with Gasteiger partial charge in [-0.3, -0.25) is 19.3 Å². The van der Waals surface area contributed by atoms with Gasteiger partial charge in [0.15, 0.2) is 11.5 Å². The normalized spacial score (nSPS) is 15.7. The average molecular weight is 489 g/mol. The van der Waals surface area contributed by atoms with Gasteiger partial charge in [-0.25, -0.2) is 0 Å². The molecule has 7 nitrogen and oxygen atoms in total. The molecular weight excluding hydrogens is 464 g/mol. The molecule has 1 saturated heterocycles. The Bertz CT molecular complexity index is 1120. The van der Waals surface area contributed by atoms with E-state index >= 15 is 0 Å². The zero-order valence-corrected chi connectivity index (χ0v) is 20.4. The summed E-state index contributed by atoms with van der Waals surface area (Å²) in [7, 11) is 1.54. The summed E-state index contributed by atoms with van der Waals surface area (Å²) in [6.07, 6.45) is 2.48. The van der Waals surface area contributed by atoms with E-state index in [-0.39, 0.29) is 17.6 Å². The number of ether oxygens (including phenoxy) is 2. The lowest BCUT2D eigenvalue weighted by molar-refractivity contribution is -0.127. The number of nitrogens with one attached hydrogen (secondary N) is 1. The number of benzene rings is 2. The lowest BCUT2D eigenvalue weighted by Crippen LogP contribution is -2.36. The van der Waals surface area contributed by atoms with Gasteiger partial charge in [0.1, 0.15) is 6.54 Å². The van der Waals surface area contributed by atoms with Crippen molar-refractivity contribution in [3.8, 4) is 11.5 Å². The number of carbonyl (C=O) groups excluding carboxylic acids is 3. The number of thioether (sulfide) groups is 1. The van der Waals surface area contributed by atoms with Crippen molar-refractivity contribution in [3.63, 3.8) is 0 Å². The standard InChI is InChI=1S/C24H25ClN2O5S/c1-5-15(3)32-19-9-7-16(10-20(19)31-4)11-21-23(29)27(24(30)33-21)13-22(28)26-18-12-17(25)8-6-14(18)2/h6-12,15H,5,13H2,1-4H3,(H,26,28)/b21-11-/t15-/m0/s1. The third-order valence-corrected chi connectivity index (χ3v) is 6.18. The number of rotatable bonds is 8. The minimum Gasteiger partial charge on any atom is -0.493 e. The van der Waals surface area contributed by atoms with E-state index in [1.165, 1.54) is 7.11 Å². The third kappa shape index (κ3) is 6.09. The molecule has 3 amide bonds. The van der Waals surface area contributed by atoms with Crippen molar-refractivity contribution in [2.75, 3.05) is 19.0 Å². The van der Waals surface area contributed by atoms with Gasteiger partial charge < -0.3 is 14.8 Å². The molecule has 0 bridgehead atoms. The van der Waals surface area contributed by atoms with Gasteiger partial charge in [-0.05, 0) is 73.5 Å². The first-order valence-electron chi connectivity index (χ1n) is 10.4. The number of imide groups is 1. The Hall–Kier alpha value is -2.97. The highest BCUT2D eigenvalue weighted by Crippen LogP contribution is 2.35. The van der Waals surface area contributed by atoms with Crippen molar-refractivity contribution in [2.45, 2.75) is 33.3 Å². The predicted molar refractivity (Wildman–Crippen MR) is 131 cm³/mol. The number of halogens is 1. The number of amides is 3. The van der Waals surface area contributed by atoms with Gasteiger partial charge in [0.2, 0.25) is 5.91 Å². The van der Waals surface area contributed by atoms with E-state index in [2.05, 4.69) is 5.32 Å². The van der Waals surface area contributed by atoms with Crippen molar-refractivity contribution < 1.29 is 23.9 Å². The molecule has 3 rings (SSSR count). The molecule has 0 saturated carbocycles. The van der Waals surface area contributed by atoms with E-state index in [4.69, 9.17) is 21.1 Å². The predicted octanol–water partition coefficient (Wildman–Crippen LogP) is 5.51. The number of methoxy groups -OCH3 is 1. The van der Waals surface area contributed by atoms with Crippen LogP contribution in [0.15, 0.2) is 41.3 Å². The van der Waals surface area contributed by atoms with Crippen LogP contribution in [-0.2, 0) is 9.59 Å². The van der Waals surface area contributed by atoms with Crippen LogP contribution in [-0.4, -0.2) is 41.7 Å². The Kier molecular flexibility index (Phi) is 8.05. The maximum Gasteiger partial charge on any atom is 0.294 e. The van der Waals surface area contributed by atoms with Crippen LogP contribution >= 0.6 is 23.4 Å². The van der Waals surface area contributed by atoms with Crippen LogP contribution in [0.2, 0.25) is 5.02 Å². The van der Waals surface area contributed by atoms with Gasteiger partial charge >= 0.3 is 0 Å². The van der Waals surface area contributed by atoms with Crippen LogP contribution < -0.4 is 14.8 Å². The van der Waals surface area contributed by atoms with Gasteiger partial charge in [0.25, 0.3) is 11.1 Å². The molecule has 2 aromatic carbocycles. The van der Waals surface area contributed by atoms with Crippen molar-refractivity contribution in [1.29, 1.82) is 0 Å². The van der Waals surface area contributed by atoms with Crippen molar-refractivity contribution in [1.82, 2.24) is 4.90 Å². The van der Waals surface area contributed by atoms with Crippen LogP contribution in [0.1, 0.15) is 31.4 Å². The Balaban J connectivity index is 1.72. The first-order chi connectivity index (χ1) is 15.7. The number of hydrogen-bond donors (Lipinski definition) is 1. The summed E-state index contributed by atoms with van der Waals surface area (Å²) in [4.78, 5) is 38.8. The summed E-state index contributed by atoms with van der Waals surface area (Å²) in [5.41, 5.74) is 2.02. The Morgan fingerprint density at radius 3 is 2.67 bits per heavy atom. The maximum atomic E-state index is 12.8. The smallest absolute Gasteiger partial charge is 0.294 e. The molecule has 1 aliphatic heterocycles. The third-order valence-electron chi connectivity index (χ3n) is 5.04. The molecule has 1 heterocycles. The number of anilines is 1. The monoisotopic (exact) mass is 488 g/mol. The molecule has 1 N–H and O–H groups in total. The molecule has 0 unspecified atom stereocenters. The van der Waals surface area contributed by atoms with Gasteiger partial charge in [0, 0.05) is 10.7 Å². The van der Waals surface area contributed by atoms with E-state index < -0.39 is 17.1 Å². The molecule has 0 aromatic heterocycles. The molecule has 33 heavy (non-hydrogen) atoms. The zero-order chi connectivity index (χ0) is 24.1. The second-order valence-corrected chi connectivity index (χ2v) is 8.95. The summed E-state index contributed by atoms with van der Waals surface area (Å²) in [6.45, 7) is 5.42. The SMILES string of the molecule is CC[C@H](C)Oc1ccc(/C=C2\SC(=O)N(CC(=O)Nc3cc(Cl)ccc3C)C2=O)cc1OC. The Labute approximate surface area is 202 Å². The highest BCUT2D eigenvalue weighted by molar-refractivity contribution is 8.18. The van der Waals surface area contributed by atoms with Crippen LogP contribution in [0.3, 0.4) is 0 Å². The summed E-state index contributed by atoms with van der Waals surface area (Å²) in [5, 5.41) is 2.66. The lowest BCUT2D eigenvalue weighted by Gasteiger charge is -2.16. The number of hydrogen-bond acceptors (Lipinski definition) is 6. The summed E-state index contributed by atoms with van der Waals surface area (Å²) < 4.78 is 11.2. The molecule has 0 aliphatic carbocycles. The summed E-state index contributed by atoms with van der Waals surface area (Å²) in [6, 6.07) is 10.4. The van der Waals surface area contributed by atoms with E-state index in [1.54, 1.807) is 42.5 Å². The largest absolute Gasteiger partial charge is 0.493 e. The fraction of sp³-hybridized carbons (Fsp3) is 0.292. The first-order valence-corrected chi connectivity index (χ1v) is 11.6. The molecule has 0 radical (unpaired) electrons. The molecule has 9 heteroatoms. The molecule has 174 valence electrons. The van der Waals surface area contributed by atoms with Crippen molar-refractivity contribution in [3.05, 3.63) is 57.5 Å². The Morgan fingerprint density at radius 2 is 1.97 bits per heavy atom. The minimum atomic E-state index is -0.526. The molecule has 1 atom stereocenters. The van der Waals surface area contributed by atoms with Crippen LogP contribution in [0, 0.1) is 6.92 Å². The van der Waals surface area contributed by atoms with Crippen LogP contribution in [0.25, 0.3) is 6.08 Å². The Morgan fingerprint density at radius 1 is 1.21 bits per heavy atom. The highest BCUT2D eigenvalue weighted by atomic mass is 35.5. The topological polar surface area (TPSA) is 84.9 Å².